The third-order valence-electron chi connectivity index (χ3n) is 15.6. The summed E-state index contributed by atoms with van der Waals surface area (Å²) < 4.78 is 19.1. The van der Waals surface area contributed by atoms with Gasteiger partial charge in [0.2, 0.25) is 0 Å². The van der Waals surface area contributed by atoms with Gasteiger partial charge in [-0.2, -0.15) is 0 Å². The molecule has 2 heterocycles. The van der Waals surface area contributed by atoms with E-state index in [4.69, 9.17) is 14.2 Å². The van der Waals surface area contributed by atoms with E-state index in [2.05, 4.69) is 33.0 Å². The summed E-state index contributed by atoms with van der Waals surface area (Å²) in [4.78, 5) is 29.9. The molecule has 5 saturated carbocycles. The molecule has 5 aliphatic carbocycles. The van der Waals surface area contributed by atoms with Crippen LogP contribution in [0.25, 0.3) is 0 Å². The number of carbonyl (C=O) groups excluding carboxylic acids is 2. The lowest BCUT2D eigenvalue weighted by molar-refractivity contribution is -0.273. The van der Waals surface area contributed by atoms with Crippen molar-refractivity contribution in [1.29, 1.82) is 0 Å². The van der Waals surface area contributed by atoms with Crippen LogP contribution in [0, 0.1) is 52.3 Å². The van der Waals surface area contributed by atoms with Gasteiger partial charge in [-0.25, -0.2) is 4.79 Å². The molecule has 48 heavy (non-hydrogen) atoms. The Morgan fingerprint density at radius 3 is 2.38 bits per heavy atom. The molecule has 0 aromatic heterocycles. The number of hydrogen-bond donors (Lipinski definition) is 1. The molecule has 0 bridgehead atoms. The molecule has 12 atom stereocenters. The molecule has 1 N–H and O–H groups in total. The molecule has 272 valence electrons. The average Bonchev–Trinajstić information content (AvgIpc) is 3.50. The number of fused-ring (bicyclic) bond motifs is 7. The van der Waals surface area contributed by atoms with Crippen LogP contribution in [0.5, 0.6) is 0 Å². The third-order valence-corrected chi connectivity index (χ3v) is 15.6. The Balaban J connectivity index is 0.972. The predicted octanol–water partition coefficient (Wildman–Crippen LogP) is 7.25. The van der Waals surface area contributed by atoms with Gasteiger partial charge in [0.15, 0.2) is 5.79 Å². The molecular weight excluding hydrogens is 602 g/mol. The summed E-state index contributed by atoms with van der Waals surface area (Å²) in [6, 6.07) is 0.535. The van der Waals surface area contributed by atoms with Crippen LogP contribution in [0.4, 0.5) is 4.79 Å². The first-order valence-corrected chi connectivity index (χ1v) is 20.1. The van der Waals surface area contributed by atoms with Crippen LogP contribution < -0.4 is 5.32 Å². The number of amides is 2. The number of nitrogens with zero attached hydrogens (tertiary/aromatic N) is 2. The van der Waals surface area contributed by atoms with Crippen LogP contribution in [-0.4, -0.2) is 86.2 Å². The monoisotopic (exact) mass is 670 g/mol. The van der Waals surface area contributed by atoms with E-state index >= 15 is 0 Å². The fraction of sp³-hybridized carbons (Fsp3) is 0.950. The second-order valence-electron chi connectivity index (χ2n) is 18.5. The zero-order chi connectivity index (χ0) is 33.8. The minimum absolute atomic E-state index is 0.0575. The van der Waals surface area contributed by atoms with Crippen molar-refractivity contribution in [2.24, 2.45) is 52.3 Å². The summed E-state index contributed by atoms with van der Waals surface area (Å²) in [6.45, 7) is 11.9. The third kappa shape index (κ3) is 6.24. The highest BCUT2D eigenvalue weighted by Gasteiger charge is 2.69. The van der Waals surface area contributed by atoms with Gasteiger partial charge < -0.3 is 24.4 Å². The molecule has 2 saturated heterocycles. The zero-order valence-electron chi connectivity index (χ0n) is 31.1. The van der Waals surface area contributed by atoms with Crippen molar-refractivity contribution in [3.8, 4) is 0 Å². The van der Waals surface area contributed by atoms with Crippen molar-refractivity contribution in [2.45, 2.75) is 148 Å². The molecule has 7 fully saturated rings. The molecule has 7 aliphatic rings. The quantitative estimate of drug-likeness (QED) is 0.288. The smallest absolute Gasteiger partial charge is 0.320 e. The van der Waals surface area contributed by atoms with Crippen molar-refractivity contribution in [3.63, 3.8) is 0 Å². The second kappa shape index (κ2) is 13.6. The SMILES string of the molecule is C[C@H]1CC[C@@]2(OC1)O[C@H]1C[C@H]3[C@@H]4CC[C@@H]5C[C@H](NC(=O)N(CCOC(=O)CN(C)C)C6CCCCC6)CC[C@]5(C)[C@H]4CC[C@]3(C)[C@H]1[C@@H]2C. The topological polar surface area (TPSA) is 80.3 Å². The number of likely N-dealkylation sites (N-methyl/N-ethyl adjacent to an activating group) is 1. The Kier molecular flexibility index (Phi) is 9.95. The van der Waals surface area contributed by atoms with E-state index in [-0.39, 0.29) is 43.0 Å². The van der Waals surface area contributed by atoms with Crippen LogP contribution in [0.3, 0.4) is 0 Å². The van der Waals surface area contributed by atoms with E-state index in [0.717, 1.165) is 56.5 Å². The first-order chi connectivity index (χ1) is 22.9. The van der Waals surface area contributed by atoms with Gasteiger partial charge in [0.25, 0.3) is 0 Å². The largest absolute Gasteiger partial charge is 0.463 e. The lowest BCUT2D eigenvalue weighted by Crippen LogP contribution is -2.57. The summed E-state index contributed by atoms with van der Waals surface area (Å²) in [5, 5.41) is 3.52. The van der Waals surface area contributed by atoms with Gasteiger partial charge in [-0.3, -0.25) is 9.69 Å². The first kappa shape index (κ1) is 35.0. The van der Waals surface area contributed by atoms with Gasteiger partial charge in [0, 0.05) is 24.4 Å². The Morgan fingerprint density at radius 1 is 0.875 bits per heavy atom. The van der Waals surface area contributed by atoms with Gasteiger partial charge in [-0.15, -0.1) is 0 Å². The maximum atomic E-state index is 13.9. The summed E-state index contributed by atoms with van der Waals surface area (Å²) in [5.41, 5.74) is 0.724. The van der Waals surface area contributed by atoms with E-state index in [1.54, 1.807) is 0 Å². The first-order valence-electron chi connectivity index (χ1n) is 20.1. The fourth-order valence-electron chi connectivity index (χ4n) is 13.1. The van der Waals surface area contributed by atoms with Crippen LogP contribution in [0.15, 0.2) is 0 Å². The number of nitrogens with one attached hydrogen (secondary N) is 1. The Bertz CT molecular complexity index is 1170. The highest BCUT2D eigenvalue weighted by Crippen LogP contribution is 2.71. The number of ether oxygens (including phenoxy) is 3. The molecule has 0 radical (unpaired) electrons. The Morgan fingerprint density at radius 2 is 1.65 bits per heavy atom. The molecule has 8 nitrogen and oxygen atoms in total. The van der Waals surface area contributed by atoms with E-state index in [0.29, 0.717) is 47.2 Å². The number of rotatable bonds is 7. The standard InChI is InChI=1S/C40H67N3O5/c1-26-14-19-40(47-25-26)27(2)36-34(48-40)23-33-31-13-12-28-22-29(15-17-38(28,3)32(31)16-18-39(33,36)4)41-37(45)43(30-10-8-7-9-11-30)20-21-46-35(44)24-42(5)6/h26-34,36H,7-25H2,1-6H3,(H,41,45)/t26-,27-,28+,29+,31+,32-,33-,34-,36-,38-,39-,40+/m0/s1. The number of hydrogen-bond acceptors (Lipinski definition) is 6. The maximum Gasteiger partial charge on any atom is 0.320 e. The van der Waals surface area contributed by atoms with Gasteiger partial charge in [0.05, 0.1) is 25.8 Å². The summed E-state index contributed by atoms with van der Waals surface area (Å²) in [7, 11) is 3.73. The minimum Gasteiger partial charge on any atom is -0.463 e. The lowest BCUT2D eigenvalue weighted by atomic mass is 9.44. The van der Waals surface area contributed by atoms with E-state index < -0.39 is 0 Å². The van der Waals surface area contributed by atoms with Crippen LogP contribution in [0.1, 0.15) is 124 Å². The fourth-order valence-corrected chi connectivity index (χ4v) is 13.1. The second-order valence-corrected chi connectivity index (χ2v) is 18.5. The molecule has 2 amide bonds. The molecule has 0 aromatic carbocycles. The van der Waals surface area contributed by atoms with Crippen LogP contribution in [-0.2, 0) is 19.0 Å². The van der Waals surface area contributed by atoms with Crippen molar-refractivity contribution >= 4 is 12.0 Å². The zero-order valence-corrected chi connectivity index (χ0v) is 31.1. The van der Waals surface area contributed by atoms with Gasteiger partial charge in [0.1, 0.15) is 6.61 Å². The summed E-state index contributed by atoms with van der Waals surface area (Å²) >= 11 is 0. The highest BCUT2D eigenvalue weighted by molar-refractivity contribution is 5.75. The molecule has 2 aliphatic heterocycles. The number of carbonyl (C=O) groups is 2. The Labute approximate surface area is 291 Å². The van der Waals surface area contributed by atoms with Gasteiger partial charge in [-0.1, -0.05) is 47.0 Å². The number of urea groups is 1. The molecular formula is C40H67N3O5. The minimum atomic E-state index is -0.331. The van der Waals surface area contributed by atoms with E-state index in [1.807, 2.05) is 23.9 Å². The van der Waals surface area contributed by atoms with Gasteiger partial charge >= 0.3 is 12.0 Å². The normalized spacial score (nSPS) is 45.6. The van der Waals surface area contributed by atoms with E-state index in [9.17, 15) is 9.59 Å². The molecule has 7 rings (SSSR count). The highest BCUT2D eigenvalue weighted by atomic mass is 16.7. The summed E-state index contributed by atoms with van der Waals surface area (Å²) in [6.07, 6.45) is 18.3. The molecule has 8 heteroatoms. The summed E-state index contributed by atoms with van der Waals surface area (Å²) in [5.74, 6) is 4.22. The van der Waals surface area contributed by atoms with Crippen LogP contribution in [0.2, 0.25) is 0 Å². The van der Waals surface area contributed by atoms with Gasteiger partial charge in [-0.05, 0) is 131 Å². The molecule has 1 spiro atoms. The predicted molar refractivity (Wildman–Crippen MR) is 187 cm³/mol. The van der Waals surface area contributed by atoms with Crippen molar-refractivity contribution in [3.05, 3.63) is 0 Å². The Hall–Kier alpha value is -1.38. The van der Waals surface area contributed by atoms with Crippen LogP contribution >= 0.6 is 0 Å². The molecule has 0 unspecified atom stereocenters. The van der Waals surface area contributed by atoms with Crippen molar-refractivity contribution in [2.75, 3.05) is 40.4 Å². The van der Waals surface area contributed by atoms with E-state index in [1.165, 1.54) is 64.2 Å². The maximum absolute atomic E-state index is 13.9. The molecule has 0 aromatic rings. The number of esters is 1. The van der Waals surface area contributed by atoms with Crippen molar-refractivity contribution in [1.82, 2.24) is 15.1 Å². The lowest BCUT2D eigenvalue weighted by Gasteiger charge is -2.61. The average molecular weight is 670 g/mol. The van der Waals surface area contributed by atoms with Crippen molar-refractivity contribution < 1.29 is 23.8 Å².